The summed E-state index contributed by atoms with van der Waals surface area (Å²) in [7, 11) is 3.05. The molecule has 0 radical (unpaired) electrons. The van der Waals surface area contributed by atoms with E-state index in [1.54, 1.807) is 19.2 Å². The molecular formula is C25H26BrNO6. The number of rotatable bonds is 6. The maximum Gasteiger partial charge on any atom is 0.225 e. The number of nitrogens with one attached hydrogen (secondary N) is 1. The fourth-order valence-electron chi connectivity index (χ4n) is 4.64. The van der Waals surface area contributed by atoms with E-state index in [0.717, 1.165) is 11.1 Å². The van der Waals surface area contributed by atoms with E-state index in [1.807, 2.05) is 25.1 Å². The normalized spacial score (nSPS) is 20.2. The number of Topliss-reactive ketones (excluding diaryl/α,β-unsaturated/α-hetero) is 1. The van der Waals surface area contributed by atoms with Gasteiger partial charge in [-0.25, -0.2) is 0 Å². The lowest BCUT2D eigenvalue weighted by Gasteiger charge is -2.34. The van der Waals surface area contributed by atoms with Crippen LogP contribution in [-0.4, -0.2) is 37.6 Å². The van der Waals surface area contributed by atoms with Crippen LogP contribution in [0.5, 0.6) is 23.0 Å². The number of benzene rings is 2. The number of hydrogen-bond acceptors (Lipinski definition) is 6. The molecule has 8 heteroatoms. The summed E-state index contributed by atoms with van der Waals surface area (Å²) in [4.78, 5) is 26.0. The van der Waals surface area contributed by atoms with Crippen LogP contribution in [0.3, 0.4) is 0 Å². The van der Waals surface area contributed by atoms with E-state index < -0.39 is 5.92 Å². The van der Waals surface area contributed by atoms with Crippen molar-refractivity contribution in [3.63, 3.8) is 0 Å². The van der Waals surface area contributed by atoms with Gasteiger partial charge in [0.15, 0.2) is 28.8 Å². The van der Waals surface area contributed by atoms with Gasteiger partial charge in [-0.05, 0) is 70.6 Å². The number of amides is 1. The van der Waals surface area contributed by atoms with Crippen LogP contribution in [0.15, 0.2) is 46.1 Å². The molecule has 1 heterocycles. The molecule has 174 valence electrons. The minimum atomic E-state index is -0.400. The summed E-state index contributed by atoms with van der Waals surface area (Å²) >= 11 is 3.34. The Kier molecular flexibility index (Phi) is 6.65. The Balaban J connectivity index is 1.70. The van der Waals surface area contributed by atoms with Gasteiger partial charge in [-0.3, -0.25) is 9.59 Å². The molecule has 0 saturated carbocycles. The van der Waals surface area contributed by atoms with Gasteiger partial charge in [0.2, 0.25) is 5.91 Å². The third kappa shape index (κ3) is 4.44. The Morgan fingerprint density at radius 2 is 1.73 bits per heavy atom. The smallest absolute Gasteiger partial charge is 0.225 e. The quantitative estimate of drug-likeness (QED) is 0.584. The Hall–Kier alpha value is -3.00. The van der Waals surface area contributed by atoms with Crippen molar-refractivity contribution in [1.82, 2.24) is 5.32 Å². The third-order valence-corrected chi connectivity index (χ3v) is 6.77. The van der Waals surface area contributed by atoms with Crippen molar-refractivity contribution in [2.45, 2.75) is 38.0 Å². The van der Waals surface area contributed by atoms with E-state index in [9.17, 15) is 14.7 Å². The number of phenols is 1. The SMILES string of the molecule is CCOc1ccc(C2CC(=O)C3=C(C2)NC(=O)CC3c2cc(Br)c(O)c(OC)c2)cc1OC. The molecule has 2 aromatic carbocycles. The number of halogens is 1. The third-order valence-electron chi connectivity index (χ3n) is 6.17. The average molecular weight is 516 g/mol. The van der Waals surface area contributed by atoms with E-state index in [0.29, 0.717) is 46.7 Å². The Morgan fingerprint density at radius 1 is 1.00 bits per heavy atom. The van der Waals surface area contributed by atoms with Crippen LogP contribution in [0, 0.1) is 0 Å². The number of phenolic OH excluding ortho intramolecular Hbond substituents is 1. The molecule has 1 amide bonds. The fraction of sp³-hybridized carbons (Fsp3) is 0.360. The molecule has 1 aliphatic heterocycles. The number of ketones is 1. The van der Waals surface area contributed by atoms with E-state index in [2.05, 4.69) is 21.2 Å². The first-order valence-electron chi connectivity index (χ1n) is 10.8. The van der Waals surface area contributed by atoms with Crippen molar-refractivity contribution in [2.75, 3.05) is 20.8 Å². The maximum atomic E-state index is 13.4. The zero-order valence-corrected chi connectivity index (χ0v) is 20.3. The lowest BCUT2D eigenvalue weighted by molar-refractivity contribution is -0.122. The average Bonchev–Trinajstić information content (AvgIpc) is 2.80. The van der Waals surface area contributed by atoms with Gasteiger partial charge < -0.3 is 24.6 Å². The molecule has 2 aliphatic rings. The van der Waals surface area contributed by atoms with E-state index >= 15 is 0 Å². The molecule has 0 aromatic heterocycles. The highest BCUT2D eigenvalue weighted by Gasteiger charge is 2.38. The van der Waals surface area contributed by atoms with Gasteiger partial charge in [0.25, 0.3) is 0 Å². The zero-order chi connectivity index (χ0) is 23.7. The molecule has 2 atom stereocenters. The molecule has 2 aromatic rings. The van der Waals surface area contributed by atoms with Crippen molar-refractivity contribution >= 4 is 27.6 Å². The molecule has 7 nitrogen and oxygen atoms in total. The summed E-state index contributed by atoms with van der Waals surface area (Å²) in [6.45, 7) is 2.44. The number of allylic oxidation sites excluding steroid dienone is 2. The Bertz CT molecular complexity index is 1140. The molecule has 1 aliphatic carbocycles. The van der Waals surface area contributed by atoms with Gasteiger partial charge in [-0.15, -0.1) is 0 Å². The van der Waals surface area contributed by atoms with E-state index in [1.165, 1.54) is 7.11 Å². The van der Waals surface area contributed by atoms with Crippen LogP contribution >= 0.6 is 15.9 Å². The summed E-state index contributed by atoms with van der Waals surface area (Å²) in [5, 5.41) is 13.1. The highest BCUT2D eigenvalue weighted by molar-refractivity contribution is 9.10. The van der Waals surface area contributed by atoms with Crippen molar-refractivity contribution in [3.8, 4) is 23.0 Å². The van der Waals surface area contributed by atoms with Crippen LogP contribution in [0.1, 0.15) is 49.1 Å². The van der Waals surface area contributed by atoms with Crippen molar-refractivity contribution < 1.29 is 28.9 Å². The second-order valence-corrected chi connectivity index (χ2v) is 8.98. The number of ether oxygens (including phenoxy) is 3. The highest BCUT2D eigenvalue weighted by atomic mass is 79.9. The maximum absolute atomic E-state index is 13.4. The van der Waals surface area contributed by atoms with Crippen LogP contribution in [0.2, 0.25) is 0 Å². The summed E-state index contributed by atoms with van der Waals surface area (Å²) in [5.41, 5.74) is 2.99. The lowest BCUT2D eigenvalue weighted by Crippen LogP contribution is -2.38. The standard InChI is InChI=1S/C25H26BrNO6/c1-4-33-20-6-5-13(10-21(20)31-2)14-8-18-24(19(28)9-14)16(12-23(29)27-18)15-7-17(26)25(30)22(11-15)32-3/h5-7,10-11,14,16,30H,4,8-9,12H2,1-3H3,(H,27,29). The van der Waals surface area contributed by atoms with Gasteiger partial charge in [0, 0.05) is 30.0 Å². The Labute approximate surface area is 200 Å². The van der Waals surface area contributed by atoms with Gasteiger partial charge in [0.05, 0.1) is 25.3 Å². The second kappa shape index (κ2) is 9.47. The number of hydrogen-bond donors (Lipinski definition) is 2. The van der Waals surface area contributed by atoms with Crippen LogP contribution in [0.25, 0.3) is 0 Å². The van der Waals surface area contributed by atoms with E-state index in [4.69, 9.17) is 14.2 Å². The summed E-state index contributed by atoms with van der Waals surface area (Å²) < 4.78 is 16.8. The topological polar surface area (TPSA) is 94.1 Å². The minimum Gasteiger partial charge on any atom is -0.503 e. The number of carbonyl (C=O) groups is 2. The van der Waals surface area contributed by atoms with Crippen molar-refractivity contribution in [3.05, 3.63) is 57.2 Å². The molecule has 2 unspecified atom stereocenters. The molecule has 0 spiro atoms. The highest BCUT2D eigenvalue weighted by Crippen LogP contribution is 2.46. The molecule has 0 saturated heterocycles. The predicted molar refractivity (Wildman–Crippen MR) is 126 cm³/mol. The van der Waals surface area contributed by atoms with Gasteiger partial charge in [-0.1, -0.05) is 6.07 Å². The predicted octanol–water partition coefficient (Wildman–Crippen LogP) is 4.57. The van der Waals surface area contributed by atoms with Crippen molar-refractivity contribution in [2.24, 2.45) is 0 Å². The number of methoxy groups -OCH3 is 2. The van der Waals surface area contributed by atoms with Gasteiger partial charge >= 0.3 is 0 Å². The molecule has 4 rings (SSSR count). The first kappa shape index (κ1) is 23.2. The van der Waals surface area contributed by atoms with E-state index in [-0.39, 0.29) is 35.5 Å². The number of aromatic hydroxyl groups is 1. The van der Waals surface area contributed by atoms with Crippen LogP contribution < -0.4 is 19.5 Å². The van der Waals surface area contributed by atoms with Gasteiger partial charge in [0.1, 0.15) is 0 Å². The van der Waals surface area contributed by atoms with Crippen LogP contribution in [-0.2, 0) is 9.59 Å². The summed E-state index contributed by atoms with van der Waals surface area (Å²) in [5.74, 6) is 0.924. The second-order valence-electron chi connectivity index (χ2n) is 8.12. The van der Waals surface area contributed by atoms with Gasteiger partial charge in [-0.2, -0.15) is 0 Å². The summed E-state index contributed by atoms with van der Waals surface area (Å²) in [6.07, 6.45) is 1.03. The molecular weight excluding hydrogens is 490 g/mol. The zero-order valence-electron chi connectivity index (χ0n) is 18.7. The summed E-state index contributed by atoms with van der Waals surface area (Å²) in [6, 6.07) is 9.13. The number of carbonyl (C=O) groups excluding carboxylic acids is 2. The first-order valence-corrected chi connectivity index (χ1v) is 11.6. The largest absolute Gasteiger partial charge is 0.503 e. The van der Waals surface area contributed by atoms with Crippen LogP contribution in [0.4, 0.5) is 0 Å². The monoisotopic (exact) mass is 515 g/mol. The lowest BCUT2D eigenvalue weighted by atomic mass is 9.73. The molecule has 0 fully saturated rings. The molecule has 33 heavy (non-hydrogen) atoms. The Morgan fingerprint density at radius 3 is 2.42 bits per heavy atom. The minimum absolute atomic E-state index is 0.00210. The fourth-order valence-corrected chi connectivity index (χ4v) is 5.10. The molecule has 2 N–H and O–H groups in total. The first-order chi connectivity index (χ1) is 15.9. The van der Waals surface area contributed by atoms with Crippen molar-refractivity contribution in [1.29, 1.82) is 0 Å². The molecule has 0 bridgehead atoms.